The maximum Gasteiger partial charge on any atom is 0.271 e. The Morgan fingerprint density at radius 2 is 1.79 bits per heavy atom. The molecule has 0 aliphatic rings. The highest BCUT2D eigenvalue weighted by atomic mass is 16.5. The van der Waals surface area contributed by atoms with Crippen LogP contribution in [-0.4, -0.2) is 36.9 Å². The fraction of sp³-hybridized carbons (Fsp3) is 0.227. The monoisotopic (exact) mass is 392 g/mol. The SMILES string of the molecule is COc1ccc(Nc2ccc(C(=O)NCCCc3ccccc3)nn2)c(OC)c1. The van der Waals surface area contributed by atoms with Gasteiger partial charge in [0.25, 0.3) is 5.91 Å². The molecule has 0 bridgehead atoms. The van der Waals surface area contributed by atoms with Crippen LogP contribution in [0.15, 0.2) is 60.7 Å². The molecule has 0 saturated carbocycles. The van der Waals surface area contributed by atoms with Crippen LogP contribution in [0, 0.1) is 0 Å². The third-order valence-corrected chi connectivity index (χ3v) is 4.34. The molecule has 7 nitrogen and oxygen atoms in total. The molecule has 0 saturated heterocycles. The number of amides is 1. The van der Waals surface area contributed by atoms with Crippen molar-refractivity contribution in [1.29, 1.82) is 0 Å². The minimum absolute atomic E-state index is 0.237. The van der Waals surface area contributed by atoms with Gasteiger partial charge in [0.05, 0.1) is 19.9 Å². The van der Waals surface area contributed by atoms with Crippen molar-refractivity contribution in [1.82, 2.24) is 15.5 Å². The Morgan fingerprint density at radius 1 is 0.966 bits per heavy atom. The highest BCUT2D eigenvalue weighted by Crippen LogP contribution is 2.30. The number of aromatic nitrogens is 2. The van der Waals surface area contributed by atoms with Crippen molar-refractivity contribution in [3.63, 3.8) is 0 Å². The lowest BCUT2D eigenvalue weighted by Crippen LogP contribution is -2.26. The van der Waals surface area contributed by atoms with Crippen molar-refractivity contribution >= 4 is 17.4 Å². The van der Waals surface area contributed by atoms with Gasteiger partial charge in [-0.25, -0.2) is 0 Å². The second-order valence-corrected chi connectivity index (χ2v) is 6.34. The van der Waals surface area contributed by atoms with E-state index in [0.29, 0.717) is 23.9 Å². The van der Waals surface area contributed by atoms with E-state index in [9.17, 15) is 4.79 Å². The number of ether oxygens (including phenoxy) is 2. The second kappa shape index (κ2) is 10.1. The van der Waals surface area contributed by atoms with Gasteiger partial charge in [-0.1, -0.05) is 30.3 Å². The summed E-state index contributed by atoms with van der Waals surface area (Å²) < 4.78 is 10.5. The van der Waals surface area contributed by atoms with Gasteiger partial charge in [0.2, 0.25) is 0 Å². The summed E-state index contributed by atoms with van der Waals surface area (Å²) in [7, 11) is 3.18. The number of anilines is 2. The largest absolute Gasteiger partial charge is 0.497 e. The summed E-state index contributed by atoms with van der Waals surface area (Å²) in [4.78, 5) is 12.2. The number of hydrogen-bond acceptors (Lipinski definition) is 6. The minimum atomic E-state index is -0.237. The van der Waals surface area contributed by atoms with Crippen molar-refractivity contribution in [2.75, 3.05) is 26.1 Å². The summed E-state index contributed by atoms with van der Waals surface area (Å²) in [6, 6.07) is 18.9. The first-order valence-corrected chi connectivity index (χ1v) is 9.34. The van der Waals surface area contributed by atoms with E-state index < -0.39 is 0 Å². The first-order valence-electron chi connectivity index (χ1n) is 9.34. The van der Waals surface area contributed by atoms with Crippen molar-refractivity contribution in [2.24, 2.45) is 0 Å². The van der Waals surface area contributed by atoms with Crippen LogP contribution in [0.3, 0.4) is 0 Å². The van der Waals surface area contributed by atoms with Gasteiger partial charge in [-0.2, -0.15) is 0 Å². The van der Waals surface area contributed by atoms with E-state index in [-0.39, 0.29) is 11.6 Å². The lowest BCUT2D eigenvalue weighted by molar-refractivity contribution is 0.0947. The first kappa shape index (κ1) is 20.1. The maximum absolute atomic E-state index is 12.2. The predicted molar refractivity (Wildman–Crippen MR) is 112 cm³/mol. The molecule has 2 N–H and O–H groups in total. The third kappa shape index (κ3) is 5.68. The van der Waals surface area contributed by atoms with Gasteiger partial charge in [0.1, 0.15) is 11.5 Å². The Hall–Kier alpha value is -3.61. The molecule has 0 aliphatic carbocycles. The van der Waals surface area contributed by atoms with E-state index in [1.165, 1.54) is 5.56 Å². The van der Waals surface area contributed by atoms with E-state index in [4.69, 9.17) is 9.47 Å². The molecule has 0 unspecified atom stereocenters. The predicted octanol–water partition coefficient (Wildman–Crippen LogP) is 3.60. The number of methoxy groups -OCH3 is 2. The second-order valence-electron chi connectivity index (χ2n) is 6.34. The van der Waals surface area contributed by atoms with Crippen LogP contribution >= 0.6 is 0 Å². The topological polar surface area (TPSA) is 85.4 Å². The van der Waals surface area contributed by atoms with Crippen LogP contribution in [0.1, 0.15) is 22.5 Å². The average Bonchev–Trinajstić information content (AvgIpc) is 2.78. The van der Waals surface area contributed by atoms with Crippen molar-refractivity contribution < 1.29 is 14.3 Å². The van der Waals surface area contributed by atoms with Crippen molar-refractivity contribution in [3.05, 3.63) is 71.9 Å². The van der Waals surface area contributed by atoms with Crippen LogP contribution in [0.5, 0.6) is 11.5 Å². The number of carbonyl (C=O) groups is 1. The first-order chi connectivity index (χ1) is 14.2. The molecule has 0 atom stereocenters. The highest BCUT2D eigenvalue weighted by molar-refractivity contribution is 5.92. The van der Waals surface area contributed by atoms with Gasteiger partial charge in [-0.05, 0) is 42.7 Å². The molecular weight excluding hydrogens is 368 g/mol. The van der Waals surface area contributed by atoms with E-state index >= 15 is 0 Å². The summed E-state index contributed by atoms with van der Waals surface area (Å²) >= 11 is 0. The maximum atomic E-state index is 12.2. The Labute approximate surface area is 170 Å². The van der Waals surface area contributed by atoms with E-state index in [1.807, 2.05) is 30.3 Å². The molecule has 29 heavy (non-hydrogen) atoms. The van der Waals surface area contributed by atoms with Gasteiger partial charge in [-0.3, -0.25) is 4.79 Å². The third-order valence-electron chi connectivity index (χ3n) is 4.34. The Bertz CT molecular complexity index is 931. The minimum Gasteiger partial charge on any atom is -0.497 e. The summed E-state index contributed by atoms with van der Waals surface area (Å²) in [6.45, 7) is 0.582. The number of nitrogens with zero attached hydrogens (tertiary/aromatic N) is 2. The molecule has 0 aliphatic heterocycles. The molecule has 1 amide bonds. The Kier molecular flexibility index (Phi) is 7.00. The van der Waals surface area contributed by atoms with Gasteiger partial charge in [-0.15, -0.1) is 10.2 Å². The van der Waals surface area contributed by atoms with Crippen LogP contribution in [-0.2, 0) is 6.42 Å². The number of hydrogen-bond donors (Lipinski definition) is 2. The lowest BCUT2D eigenvalue weighted by atomic mass is 10.1. The molecule has 0 radical (unpaired) electrons. The number of aryl methyl sites for hydroxylation is 1. The fourth-order valence-corrected chi connectivity index (χ4v) is 2.79. The van der Waals surface area contributed by atoms with Gasteiger partial charge in [0.15, 0.2) is 11.5 Å². The summed E-state index contributed by atoms with van der Waals surface area (Å²) in [5.74, 6) is 1.58. The number of rotatable bonds is 9. The number of nitrogens with one attached hydrogen (secondary N) is 2. The van der Waals surface area contributed by atoms with Crippen molar-refractivity contribution in [3.8, 4) is 11.5 Å². The lowest BCUT2D eigenvalue weighted by Gasteiger charge is -2.11. The van der Waals surface area contributed by atoms with Crippen molar-refractivity contribution in [2.45, 2.75) is 12.8 Å². The molecule has 0 fully saturated rings. The Morgan fingerprint density at radius 3 is 2.48 bits per heavy atom. The molecule has 150 valence electrons. The highest BCUT2D eigenvalue weighted by Gasteiger charge is 2.10. The zero-order valence-corrected chi connectivity index (χ0v) is 16.5. The molecule has 2 aromatic carbocycles. The zero-order valence-electron chi connectivity index (χ0n) is 16.5. The standard InChI is InChI=1S/C22H24N4O3/c1-28-17-10-11-18(20(15-17)29-2)24-21-13-12-19(25-26-21)22(27)23-14-6-9-16-7-4-3-5-8-16/h3-5,7-8,10-13,15H,6,9,14H2,1-2H3,(H,23,27)(H,24,26). The molecule has 1 heterocycles. The average molecular weight is 392 g/mol. The molecule has 0 spiro atoms. The van der Waals surface area contributed by atoms with E-state index in [0.717, 1.165) is 18.5 Å². The Balaban J connectivity index is 1.52. The fourth-order valence-electron chi connectivity index (χ4n) is 2.79. The smallest absolute Gasteiger partial charge is 0.271 e. The van der Waals surface area contributed by atoms with Gasteiger partial charge in [0, 0.05) is 12.6 Å². The molecule has 1 aromatic heterocycles. The van der Waals surface area contributed by atoms with Gasteiger partial charge < -0.3 is 20.1 Å². The molecule has 7 heteroatoms. The van der Waals surface area contributed by atoms with Gasteiger partial charge >= 0.3 is 0 Å². The van der Waals surface area contributed by atoms with Crippen LogP contribution in [0.4, 0.5) is 11.5 Å². The summed E-state index contributed by atoms with van der Waals surface area (Å²) in [6.07, 6.45) is 1.78. The zero-order chi connectivity index (χ0) is 20.5. The summed E-state index contributed by atoms with van der Waals surface area (Å²) in [5, 5.41) is 14.1. The normalized spacial score (nSPS) is 10.3. The number of benzene rings is 2. The van der Waals surface area contributed by atoms with Crippen LogP contribution < -0.4 is 20.1 Å². The van der Waals surface area contributed by atoms with E-state index in [1.54, 1.807) is 32.4 Å². The quantitative estimate of drug-likeness (QED) is 0.541. The number of carbonyl (C=O) groups excluding carboxylic acids is 1. The van der Waals surface area contributed by atoms with E-state index in [2.05, 4.69) is 33.0 Å². The van der Waals surface area contributed by atoms with Crippen LogP contribution in [0.25, 0.3) is 0 Å². The molecule has 3 rings (SSSR count). The van der Waals surface area contributed by atoms with Crippen LogP contribution in [0.2, 0.25) is 0 Å². The molecule has 3 aromatic rings. The summed E-state index contributed by atoms with van der Waals surface area (Å²) in [5.41, 5.74) is 2.25. The molecular formula is C22H24N4O3.